The summed E-state index contributed by atoms with van der Waals surface area (Å²) in [6.07, 6.45) is 0. The van der Waals surface area contributed by atoms with E-state index in [1.807, 2.05) is 6.07 Å². The number of urea groups is 1. The van der Waals surface area contributed by atoms with Crippen LogP contribution in [-0.2, 0) is 14.3 Å². The van der Waals surface area contributed by atoms with Gasteiger partial charge >= 0.3 is 12.0 Å². The van der Waals surface area contributed by atoms with E-state index >= 15 is 0 Å². The number of amides is 3. The minimum atomic E-state index is -1.43. The van der Waals surface area contributed by atoms with Gasteiger partial charge in [-0.1, -0.05) is 11.6 Å². The first-order chi connectivity index (χ1) is 15.8. The molecule has 2 saturated heterocycles. The van der Waals surface area contributed by atoms with E-state index in [-0.39, 0.29) is 13.2 Å². The fraction of sp³-hybridized carbons (Fsp3) is 0.375. The van der Waals surface area contributed by atoms with Crippen molar-refractivity contribution in [2.24, 2.45) is 11.8 Å². The average molecular weight is 471 g/mol. The van der Waals surface area contributed by atoms with Gasteiger partial charge in [0.2, 0.25) is 0 Å². The molecule has 3 heterocycles. The van der Waals surface area contributed by atoms with Crippen LogP contribution in [0.15, 0.2) is 42.5 Å². The van der Waals surface area contributed by atoms with Crippen molar-refractivity contribution in [3.05, 3.63) is 53.1 Å². The third-order valence-electron chi connectivity index (χ3n) is 6.85. The van der Waals surface area contributed by atoms with Gasteiger partial charge in [0.25, 0.3) is 5.91 Å². The number of fused-ring (bicyclic) bond motifs is 5. The molecule has 3 amide bonds. The molecule has 2 aromatic carbocycles. The van der Waals surface area contributed by atoms with E-state index in [9.17, 15) is 14.4 Å². The number of carbonyl (C=O) groups excluding carboxylic acids is 3. The van der Waals surface area contributed by atoms with Crippen LogP contribution in [-0.4, -0.2) is 48.7 Å². The van der Waals surface area contributed by atoms with Gasteiger partial charge in [-0.3, -0.25) is 9.59 Å². The normalized spacial score (nSPS) is 27.6. The van der Waals surface area contributed by atoms with Crippen molar-refractivity contribution >= 4 is 35.2 Å². The molecular weight excluding hydrogens is 448 g/mol. The summed E-state index contributed by atoms with van der Waals surface area (Å²) in [6, 6.07) is 10.8. The molecule has 0 aliphatic carbocycles. The fourth-order valence-electron chi connectivity index (χ4n) is 5.41. The lowest BCUT2D eigenvalue weighted by Gasteiger charge is -2.34. The Morgan fingerprint density at radius 1 is 1.21 bits per heavy atom. The summed E-state index contributed by atoms with van der Waals surface area (Å²) < 4.78 is 16.7. The third-order valence-corrected chi connectivity index (χ3v) is 7.10. The number of halogens is 1. The zero-order valence-corrected chi connectivity index (χ0v) is 19.2. The molecule has 0 saturated carbocycles. The van der Waals surface area contributed by atoms with Gasteiger partial charge in [-0.05, 0) is 50.2 Å². The predicted octanol–water partition coefficient (Wildman–Crippen LogP) is 3.82. The number of carbonyl (C=O) groups is 3. The zero-order valence-electron chi connectivity index (χ0n) is 18.4. The molecule has 2 fully saturated rings. The van der Waals surface area contributed by atoms with Crippen molar-refractivity contribution in [3.8, 4) is 11.5 Å². The van der Waals surface area contributed by atoms with Gasteiger partial charge in [0.05, 0.1) is 38.0 Å². The highest BCUT2D eigenvalue weighted by molar-refractivity contribution is 6.31. The molecule has 172 valence electrons. The molecular formula is C24H23ClN2O6. The van der Waals surface area contributed by atoms with Crippen LogP contribution in [0.3, 0.4) is 0 Å². The number of hydrogen-bond acceptors (Lipinski definition) is 6. The number of rotatable bonds is 4. The van der Waals surface area contributed by atoms with E-state index in [0.717, 1.165) is 10.5 Å². The lowest BCUT2D eigenvalue weighted by atomic mass is 9.77. The Labute approximate surface area is 195 Å². The molecule has 0 radical (unpaired) electrons. The van der Waals surface area contributed by atoms with E-state index in [1.165, 1.54) is 4.90 Å². The average Bonchev–Trinajstić information content (AvgIpc) is 3.19. The quantitative estimate of drug-likeness (QED) is 0.499. The van der Waals surface area contributed by atoms with Crippen LogP contribution in [0.5, 0.6) is 11.5 Å². The first-order valence-corrected chi connectivity index (χ1v) is 11.1. The maximum atomic E-state index is 13.8. The van der Waals surface area contributed by atoms with Crippen LogP contribution < -0.4 is 14.4 Å². The SMILES string of the molecule is CCOC(=O)[C@@H]1[C@H]2COc3cc(OC)ccc3[C@@H]2N2C(=O)N(c3ccc(Cl)cc3)C(=O)[C@@]12C. The number of methoxy groups -OCH3 is 1. The minimum Gasteiger partial charge on any atom is -0.497 e. The standard InChI is InChI=1S/C24H23ClN2O6/c1-4-32-21(28)19-17-12-33-18-11-15(31-3)9-10-16(18)20(17)27-23(30)26(22(29)24(19,27)2)14-7-5-13(25)6-8-14/h5-11,17,19-20H,4,12H2,1-3H3/t17-,19+,20+,24-/m1/s1. The number of anilines is 1. The molecule has 0 N–H and O–H groups in total. The molecule has 0 unspecified atom stereocenters. The summed E-state index contributed by atoms with van der Waals surface area (Å²) in [4.78, 5) is 43.5. The van der Waals surface area contributed by atoms with E-state index in [2.05, 4.69) is 0 Å². The summed E-state index contributed by atoms with van der Waals surface area (Å²) in [7, 11) is 1.56. The van der Waals surface area contributed by atoms with Crippen LogP contribution in [0.1, 0.15) is 25.5 Å². The number of nitrogens with zero attached hydrogens (tertiary/aromatic N) is 2. The third kappa shape index (κ3) is 2.93. The van der Waals surface area contributed by atoms with E-state index < -0.39 is 41.3 Å². The van der Waals surface area contributed by atoms with E-state index in [1.54, 1.807) is 57.4 Å². The molecule has 0 spiro atoms. The van der Waals surface area contributed by atoms with Crippen molar-refractivity contribution in [2.45, 2.75) is 25.4 Å². The minimum absolute atomic E-state index is 0.167. The Morgan fingerprint density at radius 3 is 2.61 bits per heavy atom. The predicted molar refractivity (Wildman–Crippen MR) is 119 cm³/mol. The highest BCUT2D eigenvalue weighted by Gasteiger charge is 2.72. The van der Waals surface area contributed by atoms with Gasteiger partial charge in [0.15, 0.2) is 0 Å². The fourth-order valence-corrected chi connectivity index (χ4v) is 5.54. The summed E-state index contributed by atoms with van der Waals surface area (Å²) >= 11 is 6.00. The maximum absolute atomic E-state index is 13.8. The molecule has 3 aliphatic rings. The Hall–Kier alpha value is -3.26. The highest BCUT2D eigenvalue weighted by atomic mass is 35.5. The Morgan fingerprint density at radius 2 is 1.94 bits per heavy atom. The molecule has 0 bridgehead atoms. The molecule has 2 aromatic rings. The van der Waals surface area contributed by atoms with Crippen molar-refractivity contribution in [2.75, 3.05) is 25.2 Å². The first-order valence-electron chi connectivity index (χ1n) is 10.7. The van der Waals surface area contributed by atoms with Gasteiger partial charge in [-0.15, -0.1) is 0 Å². The smallest absolute Gasteiger partial charge is 0.332 e. The van der Waals surface area contributed by atoms with Crippen LogP contribution in [0, 0.1) is 11.8 Å². The molecule has 0 aromatic heterocycles. The largest absolute Gasteiger partial charge is 0.497 e. The van der Waals surface area contributed by atoms with Gasteiger partial charge in [0.1, 0.15) is 17.0 Å². The first kappa shape index (κ1) is 21.6. The van der Waals surface area contributed by atoms with E-state index in [0.29, 0.717) is 22.2 Å². The monoisotopic (exact) mass is 470 g/mol. The van der Waals surface area contributed by atoms with E-state index in [4.69, 9.17) is 25.8 Å². The van der Waals surface area contributed by atoms with Crippen molar-refractivity contribution in [1.82, 2.24) is 4.90 Å². The Bertz CT molecular complexity index is 1150. The maximum Gasteiger partial charge on any atom is 0.332 e. The van der Waals surface area contributed by atoms with Crippen molar-refractivity contribution < 1.29 is 28.6 Å². The summed E-state index contributed by atoms with van der Waals surface area (Å²) in [5, 5.41) is 0.487. The second-order valence-corrected chi connectivity index (χ2v) is 8.91. The second kappa shape index (κ2) is 7.66. The Kier molecular flexibility index (Phi) is 5.01. The van der Waals surface area contributed by atoms with Crippen molar-refractivity contribution in [3.63, 3.8) is 0 Å². The second-order valence-electron chi connectivity index (χ2n) is 8.47. The number of ether oxygens (including phenoxy) is 3. The van der Waals surface area contributed by atoms with Gasteiger partial charge in [0, 0.05) is 22.6 Å². The number of esters is 1. The molecule has 8 nitrogen and oxygen atoms in total. The molecule has 3 aliphatic heterocycles. The zero-order chi connectivity index (χ0) is 23.5. The molecule has 5 rings (SSSR count). The molecule has 4 atom stereocenters. The highest BCUT2D eigenvalue weighted by Crippen LogP contribution is 2.58. The van der Waals surface area contributed by atoms with Crippen LogP contribution in [0.25, 0.3) is 0 Å². The summed E-state index contributed by atoms with van der Waals surface area (Å²) in [5.41, 5.74) is -0.307. The Balaban J connectivity index is 1.66. The lowest BCUT2D eigenvalue weighted by molar-refractivity contribution is -0.154. The van der Waals surface area contributed by atoms with Crippen LogP contribution in [0.4, 0.5) is 10.5 Å². The van der Waals surface area contributed by atoms with Gasteiger partial charge in [-0.25, -0.2) is 9.69 Å². The summed E-state index contributed by atoms with van der Waals surface area (Å²) in [6.45, 7) is 3.69. The van der Waals surface area contributed by atoms with Crippen LogP contribution in [0.2, 0.25) is 5.02 Å². The summed E-state index contributed by atoms with van der Waals surface area (Å²) in [5.74, 6) is -1.13. The number of benzene rings is 2. The molecule has 9 heteroatoms. The van der Waals surface area contributed by atoms with Gasteiger partial charge in [-0.2, -0.15) is 0 Å². The number of imide groups is 1. The lowest BCUT2D eigenvalue weighted by Crippen LogP contribution is -2.51. The topological polar surface area (TPSA) is 85.4 Å². The number of hydrogen-bond donors (Lipinski definition) is 0. The van der Waals surface area contributed by atoms with Crippen LogP contribution >= 0.6 is 11.6 Å². The van der Waals surface area contributed by atoms with Crippen molar-refractivity contribution in [1.29, 1.82) is 0 Å². The molecule has 33 heavy (non-hydrogen) atoms. The van der Waals surface area contributed by atoms with Gasteiger partial charge < -0.3 is 19.1 Å².